The topological polar surface area (TPSA) is 171 Å². The third-order valence-corrected chi connectivity index (χ3v) is 11.0. The number of rotatable bonds is 12. The minimum absolute atomic E-state index is 0.00583. The molecule has 3 fully saturated rings. The van der Waals surface area contributed by atoms with E-state index in [1.54, 1.807) is 92.0 Å². The van der Waals surface area contributed by atoms with Crippen molar-refractivity contribution in [2.24, 2.45) is 17.8 Å². The zero-order chi connectivity index (χ0) is 50.8. The standard InChI is InChI=1S/C12H14FNO2.C11H12FNO2.2C10H9FO2.C9H7FO2/c1-14(16-2)12(15)10-7-9(10)8-5-3-4-6-11(8)13;1-13(15-2)11(14)8-7-9-5-3-4-6-10(9)12;2*11-9-4-2-1-3-6(9)7-5-8(7)10(12)13;10-8-4-2-1-3-7(8)5-6-9(11)12/h3-6,9-10H,7H2,1-2H3;3-8H,1-2H3;2*1-4,7-8H,5H2,(H,12,13);1-6H,(H,11,12)/b;8-7+;;;6-5+/t9-,10+;;2*7-,8+;/m1.11./s1. The lowest BCUT2D eigenvalue weighted by molar-refractivity contribution is -0.170. The lowest BCUT2D eigenvalue weighted by atomic mass is 10.1. The normalized spacial score (nSPS) is 19.1. The van der Waals surface area contributed by atoms with Gasteiger partial charge < -0.3 is 15.3 Å². The molecule has 0 radical (unpaired) electrons. The van der Waals surface area contributed by atoms with Crippen LogP contribution < -0.4 is 0 Å². The van der Waals surface area contributed by atoms with Crippen molar-refractivity contribution in [2.75, 3.05) is 28.3 Å². The maximum atomic E-state index is 13.4. The summed E-state index contributed by atoms with van der Waals surface area (Å²) in [6.07, 6.45) is 6.62. The molecular formula is C52H51F5N2O10. The average Bonchev–Trinajstić information content (AvgIpc) is 4.22. The van der Waals surface area contributed by atoms with Crippen LogP contribution in [0, 0.1) is 46.8 Å². The van der Waals surface area contributed by atoms with Gasteiger partial charge in [0.15, 0.2) is 0 Å². The maximum Gasteiger partial charge on any atom is 0.328 e. The van der Waals surface area contributed by atoms with Crippen LogP contribution in [-0.4, -0.2) is 83.5 Å². The number of halogens is 5. The van der Waals surface area contributed by atoms with Crippen LogP contribution in [0.25, 0.3) is 12.2 Å². The van der Waals surface area contributed by atoms with Crippen LogP contribution in [0.3, 0.4) is 0 Å². The first-order chi connectivity index (χ1) is 32.9. The van der Waals surface area contributed by atoms with Crippen molar-refractivity contribution in [1.82, 2.24) is 10.1 Å². The van der Waals surface area contributed by atoms with Gasteiger partial charge >= 0.3 is 17.9 Å². The third kappa shape index (κ3) is 16.7. The highest BCUT2D eigenvalue weighted by Gasteiger charge is 2.47. The summed E-state index contributed by atoms with van der Waals surface area (Å²) in [5.41, 5.74) is 2.35. The number of benzene rings is 5. The first-order valence-corrected chi connectivity index (χ1v) is 21.3. The molecule has 17 heteroatoms. The van der Waals surface area contributed by atoms with Crippen LogP contribution in [0.15, 0.2) is 133 Å². The molecule has 0 saturated heterocycles. The highest BCUT2D eigenvalue weighted by atomic mass is 19.1. The van der Waals surface area contributed by atoms with E-state index in [0.717, 1.165) is 11.1 Å². The third-order valence-electron chi connectivity index (χ3n) is 11.0. The van der Waals surface area contributed by atoms with E-state index in [1.165, 1.54) is 81.0 Å². The van der Waals surface area contributed by atoms with Crippen LogP contribution in [0.4, 0.5) is 22.0 Å². The number of carboxylic acids is 3. The van der Waals surface area contributed by atoms with E-state index in [9.17, 15) is 45.9 Å². The number of aliphatic carboxylic acids is 3. The van der Waals surface area contributed by atoms with Crippen molar-refractivity contribution >= 4 is 41.9 Å². The Morgan fingerprint density at radius 1 is 0.478 bits per heavy atom. The fourth-order valence-corrected chi connectivity index (χ4v) is 6.82. The maximum absolute atomic E-state index is 13.4. The Balaban J connectivity index is 0.000000189. The van der Waals surface area contributed by atoms with E-state index in [2.05, 4.69) is 4.84 Å². The summed E-state index contributed by atoms with van der Waals surface area (Å²) in [5, 5.41) is 27.8. The number of nitrogens with zero attached hydrogens (tertiary/aromatic N) is 2. The molecule has 3 saturated carbocycles. The van der Waals surface area contributed by atoms with Crippen molar-refractivity contribution in [3.63, 3.8) is 0 Å². The number of carboxylic acid groups (broad SMARTS) is 3. The fourth-order valence-electron chi connectivity index (χ4n) is 6.82. The molecule has 69 heavy (non-hydrogen) atoms. The van der Waals surface area contributed by atoms with E-state index in [1.807, 2.05) is 0 Å². The van der Waals surface area contributed by atoms with Crippen LogP contribution in [0.2, 0.25) is 0 Å². The summed E-state index contributed by atoms with van der Waals surface area (Å²) in [6, 6.07) is 31.5. The Morgan fingerprint density at radius 3 is 1.12 bits per heavy atom. The Morgan fingerprint density at radius 2 is 0.797 bits per heavy atom. The van der Waals surface area contributed by atoms with Gasteiger partial charge in [-0.05, 0) is 84.4 Å². The summed E-state index contributed by atoms with van der Waals surface area (Å²) >= 11 is 0. The van der Waals surface area contributed by atoms with Gasteiger partial charge in [-0.1, -0.05) is 91.0 Å². The van der Waals surface area contributed by atoms with Gasteiger partial charge in [-0.25, -0.2) is 36.9 Å². The quantitative estimate of drug-likeness (QED) is 0.0622. The zero-order valence-corrected chi connectivity index (χ0v) is 37.9. The molecule has 364 valence electrons. The van der Waals surface area contributed by atoms with Crippen molar-refractivity contribution in [1.29, 1.82) is 0 Å². The molecule has 6 atom stereocenters. The van der Waals surface area contributed by atoms with E-state index in [4.69, 9.17) is 20.2 Å². The predicted molar refractivity (Wildman–Crippen MR) is 245 cm³/mol. The van der Waals surface area contributed by atoms with Crippen LogP contribution in [-0.2, 0) is 33.6 Å². The van der Waals surface area contributed by atoms with E-state index in [0.29, 0.717) is 41.5 Å². The lowest BCUT2D eigenvalue weighted by Gasteiger charge is -2.13. The molecule has 2 amide bonds. The molecule has 3 aliphatic carbocycles. The van der Waals surface area contributed by atoms with Gasteiger partial charge in [0, 0.05) is 55.1 Å². The highest BCUT2D eigenvalue weighted by molar-refractivity contribution is 5.91. The van der Waals surface area contributed by atoms with Gasteiger partial charge in [0.2, 0.25) is 5.91 Å². The van der Waals surface area contributed by atoms with Crippen LogP contribution in [0.5, 0.6) is 0 Å². The van der Waals surface area contributed by atoms with Crippen molar-refractivity contribution in [2.45, 2.75) is 37.0 Å². The number of hydrogen-bond donors (Lipinski definition) is 3. The molecule has 0 heterocycles. The number of amides is 2. The molecule has 5 aromatic rings. The zero-order valence-electron chi connectivity index (χ0n) is 37.9. The summed E-state index contributed by atoms with van der Waals surface area (Å²) in [5.74, 6) is -5.89. The first kappa shape index (κ1) is 54.1. The number of carbonyl (C=O) groups is 5. The molecule has 0 unspecified atom stereocenters. The minimum Gasteiger partial charge on any atom is -0.481 e. The SMILES string of the molecule is CON(C)C(=O)/C=C/c1ccccc1F.CON(C)C(=O)[C@H]1C[C@@H]1c1ccccc1F.O=C(O)/C=C/c1ccccc1F.O=C(O)[C@H]1C[C@@H]1c1ccccc1F.O=C(O)[C@H]1C[C@@H]1c1ccccc1F. The number of carbonyl (C=O) groups excluding carboxylic acids is 2. The van der Waals surface area contributed by atoms with Crippen molar-refractivity contribution in [3.05, 3.63) is 190 Å². The molecule has 8 rings (SSSR count). The molecule has 3 aliphatic rings. The molecule has 5 aromatic carbocycles. The second-order valence-electron chi connectivity index (χ2n) is 15.7. The van der Waals surface area contributed by atoms with Gasteiger partial charge in [-0.15, -0.1) is 0 Å². The fraction of sp³-hybridized carbons (Fsp3) is 0.250. The largest absolute Gasteiger partial charge is 0.481 e. The Kier molecular flexibility index (Phi) is 20.5. The second kappa shape index (κ2) is 26.2. The Labute approximate surface area is 395 Å². The van der Waals surface area contributed by atoms with Crippen LogP contribution >= 0.6 is 0 Å². The van der Waals surface area contributed by atoms with Crippen molar-refractivity contribution < 1.29 is 70.9 Å². The molecule has 12 nitrogen and oxygen atoms in total. The predicted octanol–water partition coefficient (Wildman–Crippen LogP) is 9.76. The number of hydrogen-bond acceptors (Lipinski definition) is 7. The molecule has 0 spiro atoms. The summed E-state index contributed by atoms with van der Waals surface area (Å²) in [7, 11) is 5.88. The number of likely N-dealkylation sites (N-methyl/N-ethyl adjacent to an activating group) is 1. The van der Waals surface area contributed by atoms with Gasteiger partial charge in [-0.3, -0.25) is 28.9 Å². The minimum atomic E-state index is -1.08. The van der Waals surface area contributed by atoms with Gasteiger partial charge in [0.05, 0.1) is 26.1 Å². The first-order valence-electron chi connectivity index (χ1n) is 21.3. The van der Waals surface area contributed by atoms with Gasteiger partial charge in [0.1, 0.15) is 29.1 Å². The van der Waals surface area contributed by atoms with Gasteiger partial charge in [-0.2, -0.15) is 0 Å². The molecule has 0 bridgehead atoms. The molecule has 3 N–H and O–H groups in total. The van der Waals surface area contributed by atoms with E-state index in [-0.39, 0.29) is 76.2 Å². The van der Waals surface area contributed by atoms with E-state index >= 15 is 0 Å². The smallest absolute Gasteiger partial charge is 0.328 e. The van der Waals surface area contributed by atoms with Crippen molar-refractivity contribution in [3.8, 4) is 0 Å². The summed E-state index contributed by atoms with van der Waals surface area (Å²) in [6.45, 7) is 0. The average molecular weight is 959 g/mol. The highest BCUT2D eigenvalue weighted by Crippen LogP contribution is 2.50. The lowest BCUT2D eigenvalue weighted by Crippen LogP contribution is -2.27. The monoisotopic (exact) mass is 958 g/mol. The summed E-state index contributed by atoms with van der Waals surface area (Å²) in [4.78, 5) is 63.6. The molecular weight excluding hydrogens is 908 g/mol. The second-order valence-corrected chi connectivity index (χ2v) is 15.7. The Bertz CT molecular complexity index is 2560. The number of hydroxylamine groups is 4. The van der Waals surface area contributed by atoms with E-state index < -0.39 is 23.7 Å². The molecule has 0 aliphatic heterocycles. The Hall–Kier alpha value is -7.50. The summed E-state index contributed by atoms with van der Waals surface area (Å²) < 4.78 is 65.6. The van der Waals surface area contributed by atoms with Crippen LogP contribution in [0.1, 0.15) is 64.8 Å². The van der Waals surface area contributed by atoms with Gasteiger partial charge in [0.25, 0.3) is 5.91 Å². The molecule has 0 aromatic heterocycles.